The fourth-order valence-corrected chi connectivity index (χ4v) is 2.30. The highest BCUT2D eigenvalue weighted by molar-refractivity contribution is 9.10. The highest BCUT2D eigenvalue weighted by atomic mass is 79.9. The van der Waals surface area contributed by atoms with E-state index in [1.807, 2.05) is 42.5 Å². The Morgan fingerprint density at radius 3 is 2.60 bits per heavy atom. The highest BCUT2D eigenvalue weighted by Gasteiger charge is 2.10. The zero-order valence-corrected chi connectivity index (χ0v) is 12.6. The van der Waals surface area contributed by atoms with E-state index in [-0.39, 0.29) is 5.97 Å². The lowest BCUT2D eigenvalue weighted by Gasteiger charge is -2.09. The first-order chi connectivity index (χ1) is 9.70. The van der Waals surface area contributed by atoms with Crippen LogP contribution in [0.25, 0.3) is 0 Å². The van der Waals surface area contributed by atoms with Crippen molar-refractivity contribution in [3.05, 3.63) is 64.1 Å². The number of esters is 1. The molecule has 0 bridgehead atoms. The van der Waals surface area contributed by atoms with Crippen LogP contribution in [0.4, 0.5) is 5.69 Å². The number of hydrazine groups is 1. The Morgan fingerprint density at radius 2 is 1.95 bits per heavy atom. The van der Waals surface area contributed by atoms with Crippen LogP contribution in [0, 0.1) is 0 Å². The van der Waals surface area contributed by atoms with Gasteiger partial charge in [-0.25, -0.2) is 10.2 Å². The molecule has 4 nitrogen and oxygen atoms in total. The minimum atomic E-state index is -0.348. The van der Waals surface area contributed by atoms with Gasteiger partial charge in [-0.05, 0) is 45.8 Å². The summed E-state index contributed by atoms with van der Waals surface area (Å²) in [7, 11) is 1.37. The van der Waals surface area contributed by atoms with Crippen LogP contribution in [-0.4, -0.2) is 13.1 Å². The van der Waals surface area contributed by atoms with Crippen molar-refractivity contribution in [1.29, 1.82) is 0 Å². The van der Waals surface area contributed by atoms with Crippen LogP contribution in [-0.2, 0) is 11.3 Å². The third-order valence-corrected chi connectivity index (χ3v) is 3.39. The van der Waals surface area contributed by atoms with E-state index in [1.54, 1.807) is 6.07 Å². The van der Waals surface area contributed by atoms with Crippen LogP contribution in [0.5, 0.6) is 0 Å². The van der Waals surface area contributed by atoms with Crippen molar-refractivity contribution in [3.63, 3.8) is 0 Å². The number of carbonyl (C=O) groups excluding carboxylic acids is 1. The monoisotopic (exact) mass is 334 g/mol. The molecule has 0 radical (unpaired) electrons. The molecule has 0 atom stereocenters. The summed E-state index contributed by atoms with van der Waals surface area (Å²) in [6.07, 6.45) is 0. The Balaban J connectivity index is 1.94. The topological polar surface area (TPSA) is 50.4 Å². The SMILES string of the molecule is COC(=O)c1ccc(CNNc2ccccc2)cc1Br. The molecule has 0 aromatic heterocycles. The van der Waals surface area contributed by atoms with E-state index >= 15 is 0 Å². The molecule has 0 saturated carbocycles. The van der Waals surface area contributed by atoms with E-state index in [2.05, 4.69) is 26.8 Å². The van der Waals surface area contributed by atoms with Crippen molar-refractivity contribution in [1.82, 2.24) is 5.43 Å². The Labute approximate surface area is 126 Å². The molecule has 2 aromatic rings. The van der Waals surface area contributed by atoms with E-state index in [0.29, 0.717) is 12.1 Å². The van der Waals surface area contributed by atoms with Gasteiger partial charge < -0.3 is 10.2 Å². The highest BCUT2D eigenvalue weighted by Crippen LogP contribution is 2.19. The lowest BCUT2D eigenvalue weighted by Crippen LogP contribution is -2.20. The van der Waals surface area contributed by atoms with Crippen LogP contribution >= 0.6 is 15.9 Å². The molecule has 0 heterocycles. The van der Waals surface area contributed by atoms with Crippen molar-refractivity contribution >= 4 is 27.6 Å². The van der Waals surface area contributed by atoms with Gasteiger partial charge in [-0.1, -0.05) is 24.3 Å². The lowest BCUT2D eigenvalue weighted by atomic mass is 10.1. The summed E-state index contributed by atoms with van der Waals surface area (Å²) in [4.78, 5) is 11.5. The maximum atomic E-state index is 11.5. The Hall–Kier alpha value is -1.85. The molecule has 0 saturated heterocycles. The number of halogens is 1. The largest absolute Gasteiger partial charge is 0.465 e. The Kier molecular flexibility index (Phi) is 5.15. The molecule has 0 fully saturated rings. The van der Waals surface area contributed by atoms with Crippen LogP contribution < -0.4 is 10.9 Å². The van der Waals surface area contributed by atoms with Crippen LogP contribution in [0.1, 0.15) is 15.9 Å². The maximum absolute atomic E-state index is 11.5. The van der Waals surface area contributed by atoms with E-state index in [4.69, 9.17) is 4.74 Å². The molecule has 0 aliphatic rings. The number of hydrogen-bond acceptors (Lipinski definition) is 4. The van der Waals surface area contributed by atoms with Gasteiger partial charge in [-0.15, -0.1) is 0 Å². The number of para-hydroxylation sites is 1. The summed E-state index contributed by atoms with van der Waals surface area (Å²) < 4.78 is 5.42. The molecular formula is C15H15BrN2O2. The summed E-state index contributed by atoms with van der Waals surface area (Å²) >= 11 is 3.38. The molecule has 2 rings (SSSR count). The first-order valence-electron chi connectivity index (χ1n) is 6.11. The first kappa shape index (κ1) is 14.6. The molecule has 5 heteroatoms. The smallest absolute Gasteiger partial charge is 0.338 e. The predicted octanol–water partition coefficient (Wildman–Crippen LogP) is 3.35. The number of anilines is 1. The Bertz CT molecular complexity index is 588. The normalized spacial score (nSPS) is 10.1. The Morgan fingerprint density at radius 1 is 1.20 bits per heavy atom. The zero-order valence-electron chi connectivity index (χ0n) is 11.0. The molecular weight excluding hydrogens is 320 g/mol. The average molecular weight is 335 g/mol. The van der Waals surface area contributed by atoms with E-state index in [1.165, 1.54) is 7.11 Å². The van der Waals surface area contributed by atoms with Gasteiger partial charge in [0.2, 0.25) is 0 Å². The number of hydrogen-bond donors (Lipinski definition) is 2. The number of rotatable bonds is 5. The number of benzene rings is 2. The summed E-state index contributed by atoms with van der Waals surface area (Å²) in [6, 6.07) is 15.4. The predicted molar refractivity (Wildman–Crippen MR) is 82.4 cm³/mol. The third kappa shape index (κ3) is 3.82. The summed E-state index contributed by atoms with van der Waals surface area (Å²) in [5.41, 5.74) is 8.79. The quantitative estimate of drug-likeness (QED) is 0.650. The van der Waals surface area contributed by atoms with Gasteiger partial charge in [0.1, 0.15) is 0 Å². The van der Waals surface area contributed by atoms with E-state index in [0.717, 1.165) is 15.7 Å². The van der Waals surface area contributed by atoms with Crippen molar-refractivity contribution in [2.45, 2.75) is 6.54 Å². The zero-order chi connectivity index (χ0) is 14.4. The maximum Gasteiger partial charge on any atom is 0.338 e. The standard InChI is InChI=1S/C15H15BrN2O2/c1-20-15(19)13-8-7-11(9-14(13)16)10-17-18-12-5-3-2-4-6-12/h2-9,17-18H,10H2,1H3. The minimum Gasteiger partial charge on any atom is -0.465 e. The molecule has 0 aliphatic carbocycles. The average Bonchev–Trinajstić information content (AvgIpc) is 2.48. The van der Waals surface area contributed by atoms with Crippen molar-refractivity contribution in [2.75, 3.05) is 12.5 Å². The second kappa shape index (κ2) is 7.07. The molecule has 2 N–H and O–H groups in total. The molecule has 2 aromatic carbocycles. The summed E-state index contributed by atoms with van der Waals surface area (Å²) in [6.45, 7) is 0.634. The van der Waals surface area contributed by atoms with Gasteiger partial charge in [-0.2, -0.15) is 0 Å². The fraction of sp³-hybridized carbons (Fsp3) is 0.133. The van der Waals surface area contributed by atoms with Gasteiger partial charge in [-0.3, -0.25) is 0 Å². The molecule has 0 aliphatic heterocycles. The molecule has 0 spiro atoms. The van der Waals surface area contributed by atoms with Gasteiger partial charge in [0.25, 0.3) is 0 Å². The van der Waals surface area contributed by atoms with Crippen LogP contribution in [0.15, 0.2) is 53.0 Å². The number of methoxy groups -OCH3 is 1. The number of ether oxygens (including phenoxy) is 1. The van der Waals surface area contributed by atoms with Crippen LogP contribution in [0.3, 0.4) is 0 Å². The second-order valence-electron chi connectivity index (χ2n) is 4.15. The number of carbonyl (C=O) groups is 1. The van der Waals surface area contributed by atoms with Crippen LogP contribution in [0.2, 0.25) is 0 Å². The van der Waals surface area contributed by atoms with Gasteiger partial charge in [0.15, 0.2) is 0 Å². The molecule has 20 heavy (non-hydrogen) atoms. The van der Waals surface area contributed by atoms with Gasteiger partial charge in [0, 0.05) is 16.7 Å². The van der Waals surface area contributed by atoms with E-state index in [9.17, 15) is 4.79 Å². The number of nitrogens with one attached hydrogen (secondary N) is 2. The van der Waals surface area contributed by atoms with Crippen molar-refractivity contribution in [2.24, 2.45) is 0 Å². The second-order valence-corrected chi connectivity index (χ2v) is 5.00. The summed E-state index contributed by atoms with van der Waals surface area (Å²) in [5, 5.41) is 0. The summed E-state index contributed by atoms with van der Waals surface area (Å²) in [5.74, 6) is -0.348. The molecule has 0 amide bonds. The molecule has 104 valence electrons. The third-order valence-electron chi connectivity index (χ3n) is 2.74. The van der Waals surface area contributed by atoms with Gasteiger partial charge >= 0.3 is 5.97 Å². The lowest BCUT2D eigenvalue weighted by molar-refractivity contribution is 0.0599. The minimum absolute atomic E-state index is 0.348. The fourth-order valence-electron chi connectivity index (χ4n) is 1.71. The van der Waals surface area contributed by atoms with Gasteiger partial charge in [0.05, 0.1) is 12.7 Å². The van der Waals surface area contributed by atoms with E-state index < -0.39 is 0 Å². The van der Waals surface area contributed by atoms with Crippen molar-refractivity contribution in [3.8, 4) is 0 Å². The first-order valence-corrected chi connectivity index (χ1v) is 6.90. The molecule has 0 unspecified atom stereocenters. The van der Waals surface area contributed by atoms with Crippen molar-refractivity contribution < 1.29 is 9.53 Å².